The number of benzene rings is 2. The van der Waals surface area contributed by atoms with Crippen LogP contribution >= 0.6 is 34.5 Å². The highest BCUT2D eigenvalue weighted by Crippen LogP contribution is 2.42. The smallest absolute Gasteiger partial charge is 0.246 e. The van der Waals surface area contributed by atoms with Crippen molar-refractivity contribution in [3.05, 3.63) is 86.6 Å². The van der Waals surface area contributed by atoms with E-state index in [0.29, 0.717) is 29.2 Å². The number of thiazole rings is 1. The summed E-state index contributed by atoms with van der Waals surface area (Å²) in [6.45, 7) is 5.38. The van der Waals surface area contributed by atoms with E-state index < -0.39 is 0 Å². The summed E-state index contributed by atoms with van der Waals surface area (Å²) in [4.78, 5) is 21.1. The van der Waals surface area contributed by atoms with Gasteiger partial charge in [-0.2, -0.15) is 5.10 Å². The van der Waals surface area contributed by atoms with Crippen molar-refractivity contribution in [3.63, 3.8) is 0 Å². The molecule has 0 aliphatic carbocycles. The number of nitrogens with zero attached hydrogens (tertiary/aromatic N) is 4. The normalized spacial score (nSPS) is 14.6. The number of likely N-dealkylation sites (tertiary alicyclic amines) is 1. The molecule has 0 atom stereocenters. The van der Waals surface area contributed by atoms with Gasteiger partial charge in [0.25, 0.3) is 0 Å². The number of halogens is 2. The molecular formula is C29H28Cl2N4OS. The lowest BCUT2D eigenvalue weighted by Gasteiger charge is -2.30. The molecule has 5 rings (SSSR count). The molecule has 1 amide bonds. The molecule has 0 bridgehead atoms. The van der Waals surface area contributed by atoms with E-state index >= 15 is 0 Å². The maximum Gasteiger partial charge on any atom is 0.246 e. The lowest BCUT2D eigenvalue weighted by Crippen LogP contribution is -2.36. The fourth-order valence-electron chi connectivity index (χ4n) is 4.66. The van der Waals surface area contributed by atoms with E-state index in [1.165, 1.54) is 16.0 Å². The first-order chi connectivity index (χ1) is 17.8. The Kier molecular flexibility index (Phi) is 7.52. The summed E-state index contributed by atoms with van der Waals surface area (Å²) in [6, 6.07) is 16.5. The number of carbonyl (C=O) groups excluding carboxylic acids is 1. The molecule has 1 fully saturated rings. The zero-order chi connectivity index (χ0) is 26.1. The highest BCUT2D eigenvalue weighted by molar-refractivity contribution is 7.15. The van der Waals surface area contributed by atoms with Gasteiger partial charge in [0.2, 0.25) is 5.91 Å². The van der Waals surface area contributed by atoms with Crippen molar-refractivity contribution >= 4 is 46.5 Å². The van der Waals surface area contributed by atoms with Crippen molar-refractivity contribution in [1.29, 1.82) is 0 Å². The Morgan fingerprint density at radius 1 is 1.00 bits per heavy atom. The summed E-state index contributed by atoms with van der Waals surface area (Å²) in [5.41, 5.74) is 6.04. The van der Waals surface area contributed by atoms with Crippen LogP contribution in [0, 0.1) is 13.8 Å². The largest absolute Gasteiger partial charge is 0.339 e. The number of aromatic nitrogens is 3. The maximum absolute atomic E-state index is 12.9. The third kappa shape index (κ3) is 5.52. The second-order valence-corrected chi connectivity index (χ2v) is 11.3. The number of rotatable bonds is 5. The lowest BCUT2D eigenvalue weighted by molar-refractivity contribution is -0.126. The van der Waals surface area contributed by atoms with E-state index in [2.05, 4.69) is 36.3 Å². The Morgan fingerprint density at radius 2 is 1.65 bits per heavy atom. The molecule has 1 saturated heterocycles. The van der Waals surface area contributed by atoms with Gasteiger partial charge in [-0.3, -0.25) is 9.48 Å². The van der Waals surface area contributed by atoms with Crippen molar-refractivity contribution in [2.75, 3.05) is 13.1 Å². The number of carbonyl (C=O) groups is 1. The van der Waals surface area contributed by atoms with E-state index in [9.17, 15) is 4.79 Å². The molecule has 0 N–H and O–H groups in total. The third-order valence-electron chi connectivity index (χ3n) is 6.82. The van der Waals surface area contributed by atoms with Gasteiger partial charge in [-0.25, -0.2) is 4.98 Å². The topological polar surface area (TPSA) is 51.0 Å². The van der Waals surface area contributed by atoms with Crippen molar-refractivity contribution < 1.29 is 4.79 Å². The van der Waals surface area contributed by atoms with Crippen molar-refractivity contribution in [3.8, 4) is 21.7 Å². The molecule has 8 heteroatoms. The maximum atomic E-state index is 12.9. The van der Waals surface area contributed by atoms with Crippen molar-refractivity contribution in [1.82, 2.24) is 19.7 Å². The summed E-state index contributed by atoms with van der Waals surface area (Å²) >= 11 is 14.2. The molecule has 0 unspecified atom stereocenters. The van der Waals surface area contributed by atoms with Crippen molar-refractivity contribution in [2.24, 2.45) is 7.05 Å². The summed E-state index contributed by atoms with van der Waals surface area (Å²) in [5.74, 6) is 0.317. The van der Waals surface area contributed by atoms with Crippen LogP contribution in [0.1, 0.15) is 40.6 Å². The van der Waals surface area contributed by atoms with Crippen LogP contribution < -0.4 is 0 Å². The first kappa shape index (κ1) is 25.7. The van der Waals surface area contributed by atoms with Crippen molar-refractivity contribution in [2.45, 2.75) is 32.6 Å². The monoisotopic (exact) mass is 550 g/mol. The predicted octanol–water partition coefficient (Wildman–Crippen LogP) is 7.55. The second kappa shape index (κ2) is 10.8. The molecule has 0 radical (unpaired) electrons. The van der Waals surface area contributed by atoms with Crippen LogP contribution in [-0.2, 0) is 11.8 Å². The van der Waals surface area contributed by atoms with Gasteiger partial charge < -0.3 is 4.90 Å². The van der Waals surface area contributed by atoms with Crippen LogP contribution in [0.5, 0.6) is 0 Å². The molecule has 0 spiro atoms. The van der Waals surface area contributed by atoms with Gasteiger partial charge in [0, 0.05) is 48.3 Å². The average molecular weight is 552 g/mol. The number of hydrogen-bond acceptors (Lipinski definition) is 4. The predicted molar refractivity (Wildman–Crippen MR) is 153 cm³/mol. The minimum Gasteiger partial charge on any atom is -0.339 e. The number of hydrogen-bond donors (Lipinski definition) is 0. The third-order valence-corrected chi connectivity index (χ3v) is 8.79. The Morgan fingerprint density at radius 3 is 2.27 bits per heavy atom. The van der Waals surface area contributed by atoms with E-state index in [1.54, 1.807) is 35.2 Å². The summed E-state index contributed by atoms with van der Waals surface area (Å²) in [7, 11) is 1.79. The minimum atomic E-state index is -0.000828. The first-order valence-corrected chi connectivity index (χ1v) is 13.9. The van der Waals surface area contributed by atoms with Gasteiger partial charge in [0.1, 0.15) is 5.15 Å². The minimum absolute atomic E-state index is 0.000828. The molecule has 0 saturated carbocycles. The molecule has 1 aliphatic heterocycles. The molecule has 3 heterocycles. The van der Waals surface area contributed by atoms with Crippen LogP contribution in [0.2, 0.25) is 10.2 Å². The zero-order valence-corrected chi connectivity index (χ0v) is 23.4. The number of amides is 1. The van der Waals surface area contributed by atoms with Crippen LogP contribution in [-0.4, -0.2) is 38.7 Å². The highest BCUT2D eigenvalue weighted by Gasteiger charge is 2.27. The van der Waals surface area contributed by atoms with Crippen LogP contribution in [0.25, 0.3) is 27.8 Å². The van der Waals surface area contributed by atoms with E-state index in [0.717, 1.165) is 40.4 Å². The Labute approximate surface area is 231 Å². The van der Waals surface area contributed by atoms with Gasteiger partial charge in [-0.1, -0.05) is 65.2 Å². The molecule has 190 valence electrons. The lowest BCUT2D eigenvalue weighted by atomic mass is 9.97. The van der Waals surface area contributed by atoms with Crippen LogP contribution in [0.3, 0.4) is 0 Å². The molecule has 4 aromatic rings. The first-order valence-electron chi connectivity index (χ1n) is 12.3. The summed E-state index contributed by atoms with van der Waals surface area (Å²) in [6.07, 6.45) is 5.14. The van der Waals surface area contributed by atoms with E-state index in [4.69, 9.17) is 28.2 Å². The zero-order valence-electron chi connectivity index (χ0n) is 21.0. The quantitative estimate of drug-likeness (QED) is 0.241. The van der Waals surface area contributed by atoms with Crippen LogP contribution in [0.15, 0.2) is 54.6 Å². The van der Waals surface area contributed by atoms with Gasteiger partial charge in [0.05, 0.1) is 21.3 Å². The molecule has 2 aromatic heterocycles. The van der Waals surface area contributed by atoms with Gasteiger partial charge in [0.15, 0.2) is 0 Å². The van der Waals surface area contributed by atoms with Crippen LogP contribution in [0.4, 0.5) is 0 Å². The Bertz CT molecular complexity index is 1380. The summed E-state index contributed by atoms with van der Waals surface area (Å²) in [5, 5.41) is 6.67. The standard InChI is InChI=1S/C29H28Cl2N4OS/c1-18-4-6-21(7-5-18)27-26(20-8-10-23(30)11-9-20)32-29(37-27)22-14-16-35(17-15-22)25(36)13-12-24-19(2)33-34(3)28(24)31/h4-13,22H,14-17H2,1-3H3. The SMILES string of the molecule is Cc1ccc(-c2sc(C3CCN(C(=O)C=Cc4c(C)nn(C)c4Cl)CC3)nc2-c2ccc(Cl)cc2)cc1. The van der Waals surface area contributed by atoms with E-state index in [-0.39, 0.29) is 5.91 Å². The van der Waals surface area contributed by atoms with E-state index in [1.807, 2.05) is 36.1 Å². The Balaban J connectivity index is 1.33. The van der Waals surface area contributed by atoms with Gasteiger partial charge in [-0.05, 0) is 50.5 Å². The van der Waals surface area contributed by atoms with Gasteiger partial charge in [-0.15, -0.1) is 11.3 Å². The fraction of sp³-hybridized carbons (Fsp3) is 0.276. The molecule has 1 aliphatic rings. The highest BCUT2D eigenvalue weighted by atomic mass is 35.5. The fourth-order valence-corrected chi connectivity index (χ4v) is 6.28. The average Bonchev–Trinajstić information content (AvgIpc) is 3.44. The summed E-state index contributed by atoms with van der Waals surface area (Å²) < 4.78 is 1.61. The molecular weight excluding hydrogens is 523 g/mol. The van der Waals surface area contributed by atoms with Gasteiger partial charge >= 0.3 is 0 Å². The molecule has 37 heavy (non-hydrogen) atoms. The number of aryl methyl sites for hydroxylation is 3. The molecule has 2 aromatic carbocycles. The molecule has 5 nitrogen and oxygen atoms in total. The second-order valence-electron chi connectivity index (χ2n) is 9.45. The Hall–Kier alpha value is -2.93. The number of piperidine rings is 1.